The maximum Gasteiger partial charge on any atom is 0.169 e. The van der Waals surface area contributed by atoms with Crippen LogP contribution in [0.25, 0.3) is 0 Å². The summed E-state index contributed by atoms with van der Waals surface area (Å²) >= 11 is 5.65. The molecule has 4 nitrogen and oxygen atoms in total. The average molecular weight is 248 g/mol. The van der Waals surface area contributed by atoms with E-state index in [1.165, 1.54) is 6.07 Å². The Labute approximate surface area is 98.4 Å². The number of anilines is 3. The van der Waals surface area contributed by atoms with Gasteiger partial charge in [-0.2, -0.15) is 0 Å². The van der Waals surface area contributed by atoms with Crippen molar-refractivity contribution in [1.29, 1.82) is 0 Å². The van der Waals surface area contributed by atoms with E-state index in [2.05, 4.69) is 5.32 Å². The van der Waals surface area contributed by atoms with Gasteiger partial charge in [-0.25, -0.2) is 4.39 Å². The van der Waals surface area contributed by atoms with E-state index in [1.54, 1.807) is 13.8 Å². The van der Waals surface area contributed by atoms with Gasteiger partial charge in [0.15, 0.2) is 5.82 Å². The molecule has 0 aromatic heterocycles. The van der Waals surface area contributed by atoms with Crippen LogP contribution in [0, 0.1) is 5.82 Å². The van der Waals surface area contributed by atoms with Gasteiger partial charge in [-0.3, -0.25) is 0 Å². The fourth-order valence-corrected chi connectivity index (χ4v) is 1.30. The van der Waals surface area contributed by atoms with Gasteiger partial charge in [-0.05, 0) is 19.9 Å². The van der Waals surface area contributed by atoms with Crippen molar-refractivity contribution in [3.8, 4) is 0 Å². The van der Waals surface area contributed by atoms with Crippen molar-refractivity contribution >= 4 is 28.7 Å². The first-order valence-corrected chi connectivity index (χ1v) is 5.09. The quantitative estimate of drug-likeness (QED) is 0.614. The maximum absolute atomic E-state index is 13.7. The second-order valence-corrected chi connectivity index (χ2v) is 4.60. The minimum Gasteiger partial charge on any atom is -0.397 e. The highest BCUT2D eigenvalue weighted by molar-refractivity contribution is 6.33. The molecule has 0 atom stereocenters. The predicted molar refractivity (Wildman–Crippen MR) is 65.0 cm³/mol. The number of aliphatic hydroxyl groups is 1. The number of halogens is 2. The third kappa shape index (κ3) is 2.90. The van der Waals surface area contributed by atoms with E-state index in [-0.39, 0.29) is 28.6 Å². The molecule has 6 N–H and O–H groups in total. The van der Waals surface area contributed by atoms with Gasteiger partial charge in [0, 0.05) is 6.54 Å². The fourth-order valence-electron chi connectivity index (χ4n) is 1.15. The molecule has 1 rings (SSSR count). The van der Waals surface area contributed by atoms with Crippen LogP contribution >= 0.6 is 11.6 Å². The molecule has 0 saturated heterocycles. The van der Waals surface area contributed by atoms with Crippen molar-refractivity contribution in [2.75, 3.05) is 23.3 Å². The highest BCUT2D eigenvalue weighted by Gasteiger charge is 2.17. The third-order valence-electron chi connectivity index (χ3n) is 1.96. The SMILES string of the molecule is CC(C)(O)CNc1c(N)cc(N)c(Cl)c1F. The zero-order valence-electron chi connectivity index (χ0n) is 9.14. The van der Waals surface area contributed by atoms with Gasteiger partial charge in [0.2, 0.25) is 0 Å². The second kappa shape index (κ2) is 4.35. The Morgan fingerprint density at radius 2 is 2.00 bits per heavy atom. The van der Waals surface area contributed by atoms with Crippen LogP contribution in [0.3, 0.4) is 0 Å². The summed E-state index contributed by atoms with van der Waals surface area (Å²) < 4.78 is 13.7. The Bertz CT molecular complexity index is 404. The van der Waals surface area contributed by atoms with Gasteiger partial charge in [-0.15, -0.1) is 0 Å². The van der Waals surface area contributed by atoms with Gasteiger partial charge in [0.1, 0.15) is 5.02 Å². The van der Waals surface area contributed by atoms with Crippen LogP contribution in [0.4, 0.5) is 21.5 Å². The van der Waals surface area contributed by atoms with Crippen LogP contribution in [-0.4, -0.2) is 17.3 Å². The Hall–Kier alpha value is -1.20. The largest absolute Gasteiger partial charge is 0.397 e. The highest BCUT2D eigenvalue weighted by atomic mass is 35.5. The molecule has 90 valence electrons. The number of nitrogens with one attached hydrogen (secondary N) is 1. The van der Waals surface area contributed by atoms with E-state index in [0.29, 0.717) is 0 Å². The number of benzene rings is 1. The number of hydrogen-bond acceptors (Lipinski definition) is 4. The van der Waals surface area contributed by atoms with Crippen molar-refractivity contribution in [1.82, 2.24) is 0 Å². The molecule has 0 fully saturated rings. The molecule has 0 aliphatic carbocycles. The molecule has 1 aromatic carbocycles. The van der Waals surface area contributed by atoms with Gasteiger partial charge in [0.05, 0.1) is 22.7 Å². The summed E-state index contributed by atoms with van der Waals surface area (Å²) in [6.07, 6.45) is 0. The molecular formula is C10H15ClFN3O. The zero-order valence-corrected chi connectivity index (χ0v) is 9.90. The molecule has 0 unspecified atom stereocenters. The van der Waals surface area contributed by atoms with Gasteiger partial charge in [-0.1, -0.05) is 11.6 Å². The first-order valence-electron chi connectivity index (χ1n) is 4.71. The summed E-state index contributed by atoms with van der Waals surface area (Å²) in [5.74, 6) is -0.705. The lowest BCUT2D eigenvalue weighted by Gasteiger charge is -2.20. The van der Waals surface area contributed by atoms with Crippen molar-refractivity contribution in [3.05, 3.63) is 16.9 Å². The summed E-state index contributed by atoms with van der Waals surface area (Å²) in [5, 5.41) is 12.0. The lowest BCUT2D eigenvalue weighted by Crippen LogP contribution is -2.30. The summed E-state index contributed by atoms with van der Waals surface area (Å²) in [4.78, 5) is 0. The normalized spacial score (nSPS) is 11.6. The smallest absolute Gasteiger partial charge is 0.169 e. The lowest BCUT2D eigenvalue weighted by molar-refractivity contribution is 0.0945. The lowest BCUT2D eigenvalue weighted by atomic mass is 10.1. The van der Waals surface area contributed by atoms with E-state index in [4.69, 9.17) is 23.1 Å². The molecule has 0 amide bonds. The topological polar surface area (TPSA) is 84.3 Å². The van der Waals surface area contributed by atoms with E-state index in [1.807, 2.05) is 0 Å². The van der Waals surface area contributed by atoms with Crippen molar-refractivity contribution in [2.24, 2.45) is 0 Å². The number of rotatable bonds is 3. The molecular weight excluding hydrogens is 233 g/mol. The van der Waals surface area contributed by atoms with Gasteiger partial charge >= 0.3 is 0 Å². The van der Waals surface area contributed by atoms with E-state index in [9.17, 15) is 9.50 Å². The van der Waals surface area contributed by atoms with Gasteiger partial charge in [0.25, 0.3) is 0 Å². The monoisotopic (exact) mass is 247 g/mol. The van der Waals surface area contributed by atoms with E-state index >= 15 is 0 Å². The Morgan fingerprint density at radius 1 is 1.44 bits per heavy atom. The predicted octanol–water partition coefficient (Wildman–Crippen LogP) is 1.83. The minimum absolute atomic E-state index is 0.0568. The van der Waals surface area contributed by atoms with Crippen LogP contribution in [-0.2, 0) is 0 Å². The van der Waals surface area contributed by atoms with Crippen molar-refractivity contribution < 1.29 is 9.50 Å². The Balaban J connectivity index is 3.01. The summed E-state index contributed by atoms with van der Waals surface area (Å²) in [5.41, 5.74) is 10.4. The van der Waals surface area contributed by atoms with E-state index < -0.39 is 11.4 Å². The molecule has 0 spiro atoms. The van der Waals surface area contributed by atoms with Crippen LogP contribution in [0.15, 0.2) is 6.07 Å². The van der Waals surface area contributed by atoms with Crippen LogP contribution in [0.5, 0.6) is 0 Å². The van der Waals surface area contributed by atoms with Crippen molar-refractivity contribution in [2.45, 2.75) is 19.4 Å². The fraction of sp³-hybridized carbons (Fsp3) is 0.400. The first kappa shape index (κ1) is 12.9. The molecule has 6 heteroatoms. The number of nitrogens with two attached hydrogens (primary N) is 2. The standard InChI is InChI=1S/C10H15ClFN3O/c1-10(2,16)4-15-9-6(14)3-5(13)7(11)8(9)12/h3,15-16H,4,13-14H2,1-2H3. The Kier molecular flexibility index (Phi) is 3.50. The zero-order chi connectivity index (χ0) is 12.5. The van der Waals surface area contributed by atoms with Gasteiger partial charge < -0.3 is 21.9 Å². The summed E-state index contributed by atoms with van der Waals surface area (Å²) in [7, 11) is 0. The van der Waals surface area contributed by atoms with Crippen molar-refractivity contribution in [3.63, 3.8) is 0 Å². The molecule has 0 aliphatic rings. The number of nitrogen functional groups attached to an aromatic ring is 2. The Morgan fingerprint density at radius 3 is 2.50 bits per heavy atom. The molecule has 0 aliphatic heterocycles. The highest BCUT2D eigenvalue weighted by Crippen LogP contribution is 2.33. The molecule has 0 bridgehead atoms. The molecule has 1 aromatic rings. The molecule has 0 heterocycles. The average Bonchev–Trinajstić information content (AvgIpc) is 2.12. The van der Waals surface area contributed by atoms with Crippen LogP contribution < -0.4 is 16.8 Å². The number of hydrogen-bond donors (Lipinski definition) is 4. The molecule has 0 saturated carbocycles. The summed E-state index contributed by atoms with van der Waals surface area (Å²) in [6, 6.07) is 1.37. The minimum atomic E-state index is -0.979. The molecule has 16 heavy (non-hydrogen) atoms. The third-order valence-corrected chi connectivity index (χ3v) is 2.35. The first-order chi connectivity index (χ1) is 7.22. The van der Waals surface area contributed by atoms with Crippen LogP contribution in [0.1, 0.15) is 13.8 Å². The van der Waals surface area contributed by atoms with Crippen LogP contribution in [0.2, 0.25) is 5.02 Å². The molecule has 0 radical (unpaired) electrons. The van der Waals surface area contributed by atoms with E-state index in [0.717, 1.165) is 0 Å². The maximum atomic E-state index is 13.7. The second-order valence-electron chi connectivity index (χ2n) is 4.22. The summed E-state index contributed by atoms with van der Waals surface area (Å²) in [6.45, 7) is 3.33.